The van der Waals surface area contributed by atoms with E-state index >= 15 is 0 Å². The van der Waals surface area contributed by atoms with E-state index in [0.29, 0.717) is 24.3 Å². The molecule has 1 rings (SSSR count). The van der Waals surface area contributed by atoms with Crippen LogP contribution < -0.4 is 16.2 Å². The summed E-state index contributed by atoms with van der Waals surface area (Å²) < 4.78 is 2.72. The number of nitrogens with one attached hydrogen (secondary N) is 1. The minimum Gasteiger partial charge on any atom is -0.480 e. The normalized spacial score (nSPS) is 11.6. The fourth-order valence-corrected chi connectivity index (χ4v) is 2.45. The molecule has 6 N–H and O–H groups in total. The lowest BCUT2D eigenvalue weighted by molar-refractivity contribution is -0.387. The van der Waals surface area contributed by atoms with Crippen molar-refractivity contribution in [1.29, 1.82) is 0 Å². The molecule has 0 saturated carbocycles. The maximum absolute atomic E-state index is 11.2. The van der Waals surface area contributed by atoms with Gasteiger partial charge in [0.15, 0.2) is 5.96 Å². The molecular formula is C12H17N5O4S. The van der Waals surface area contributed by atoms with Gasteiger partial charge in [0.2, 0.25) is 0 Å². The van der Waals surface area contributed by atoms with Crippen LogP contribution in [0, 0.1) is 10.1 Å². The molecule has 0 fully saturated rings. The maximum Gasteiger partial charge on any atom is 0.321 e. The predicted molar refractivity (Wildman–Crippen MR) is 83.4 cm³/mol. The van der Waals surface area contributed by atoms with Crippen molar-refractivity contribution in [2.75, 3.05) is 6.54 Å². The van der Waals surface area contributed by atoms with Crippen molar-refractivity contribution in [1.82, 2.24) is 4.72 Å². The third-order valence-corrected chi connectivity index (χ3v) is 3.58. The molecular weight excluding hydrogens is 310 g/mol. The zero-order chi connectivity index (χ0) is 16.5. The van der Waals surface area contributed by atoms with Gasteiger partial charge in [0.25, 0.3) is 5.69 Å². The second-order valence-corrected chi connectivity index (χ2v) is 5.16. The van der Waals surface area contributed by atoms with Gasteiger partial charge in [-0.2, -0.15) is 0 Å². The Labute approximate surface area is 131 Å². The van der Waals surface area contributed by atoms with Gasteiger partial charge in [-0.1, -0.05) is 12.1 Å². The minimum atomic E-state index is -1.05. The van der Waals surface area contributed by atoms with E-state index < -0.39 is 16.9 Å². The van der Waals surface area contributed by atoms with Gasteiger partial charge < -0.3 is 16.6 Å². The Bertz CT molecular complexity index is 562. The van der Waals surface area contributed by atoms with Gasteiger partial charge >= 0.3 is 5.97 Å². The number of rotatable bonds is 9. The largest absolute Gasteiger partial charge is 0.480 e. The summed E-state index contributed by atoms with van der Waals surface area (Å²) in [5.74, 6) is -1.09. The van der Waals surface area contributed by atoms with Crippen LogP contribution in [0.2, 0.25) is 0 Å². The average Bonchev–Trinajstić information content (AvgIpc) is 2.45. The summed E-state index contributed by atoms with van der Waals surface area (Å²) >= 11 is 0.918. The third kappa shape index (κ3) is 5.97. The average molecular weight is 327 g/mol. The highest BCUT2D eigenvalue weighted by Crippen LogP contribution is 2.27. The zero-order valence-corrected chi connectivity index (χ0v) is 12.5. The standard InChI is InChI=1S/C12H17N5O4S/c13-12(14)15-7-3-4-8(11(18)19)16-22-10-6-2-1-5-9(10)17(20)21/h1-2,5-6,8,16H,3-4,7H2,(H,18,19)(H4,13,14,15)/t8-/m1/s1. The van der Waals surface area contributed by atoms with Crippen molar-refractivity contribution in [3.63, 3.8) is 0 Å². The number of hydrogen-bond donors (Lipinski definition) is 4. The number of nitro benzene ring substituents is 1. The summed E-state index contributed by atoms with van der Waals surface area (Å²) in [7, 11) is 0. The molecule has 120 valence electrons. The Kier molecular flexibility index (Phi) is 7.13. The number of aliphatic carboxylic acids is 1. The minimum absolute atomic E-state index is 0.0471. The second-order valence-electron chi connectivity index (χ2n) is 4.28. The van der Waals surface area contributed by atoms with E-state index in [2.05, 4.69) is 9.71 Å². The number of nitrogens with zero attached hydrogens (tertiary/aromatic N) is 2. The predicted octanol–water partition coefficient (Wildman–Crippen LogP) is 0.698. The molecule has 0 amide bonds. The van der Waals surface area contributed by atoms with Crippen molar-refractivity contribution < 1.29 is 14.8 Å². The molecule has 0 aromatic heterocycles. The number of hydrogen-bond acceptors (Lipinski definition) is 6. The van der Waals surface area contributed by atoms with Gasteiger partial charge in [-0.25, -0.2) is 4.72 Å². The fourth-order valence-electron chi connectivity index (χ4n) is 1.57. The monoisotopic (exact) mass is 327 g/mol. The van der Waals surface area contributed by atoms with Crippen molar-refractivity contribution in [2.24, 2.45) is 16.5 Å². The van der Waals surface area contributed by atoms with Gasteiger partial charge in [0, 0.05) is 12.6 Å². The first kappa shape index (κ1) is 17.7. The number of guanidine groups is 1. The van der Waals surface area contributed by atoms with Gasteiger partial charge in [-0.15, -0.1) is 0 Å². The number of benzene rings is 1. The highest BCUT2D eigenvalue weighted by Gasteiger charge is 2.19. The maximum atomic E-state index is 11.2. The number of carboxylic acids is 1. The molecule has 0 radical (unpaired) electrons. The number of para-hydroxylation sites is 1. The fraction of sp³-hybridized carbons (Fsp3) is 0.333. The first-order valence-electron chi connectivity index (χ1n) is 6.35. The first-order chi connectivity index (χ1) is 10.4. The number of carboxylic acid groups (broad SMARTS) is 1. The van der Waals surface area contributed by atoms with E-state index in [1.807, 2.05) is 0 Å². The Morgan fingerprint density at radius 1 is 1.45 bits per heavy atom. The van der Waals surface area contributed by atoms with Crippen molar-refractivity contribution >= 4 is 29.6 Å². The van der Waals surface area contributed by atoms with Crippen LogP contribution in [0.4, 0.5) is 5.69 Å². The van der Waals surface area contributed by atoms with E-state index in [9.17, 15) is 14.9 Å². The molecule has 0 heterocycles. The van der Waals surface area contributed by atoms with Gasteiger partial charge in [0.1, 0.15) is 10.9 Å². The number of nitrogens with two attached hydrogens (primary N) is 2. The smallest absolute Gasteiger partial charge is 0.321 e. The van der Waals surface area contributed by atoms with Crippen LogP contribution in [0.15, 0.2) is 34.2 Å². The van der Waals surface area contributed by atoms with Crippen LogP contribution >= 0.6 is 11.9 Å². The van der Waals surface area contributed by atoms with E-state index in [0.717, 1.165) is 11.9 Å². The summed E-state index contributed by atoms with van der Waals surface area (Å²) in [6, 6.07) is 5.24. The van der Waals surface area contributed by atoms with Crippen LogP contribution in [0.1, 0.15) is 12.8 Å². The first-order valence-corrected chi connectivity index (χ1v) is 7.17. The molecule has 10 heteroatoms. The Hall–Kier alpha value is -2.33. The van der Waals surface area contributed by atoms with Crippen LogP contribution in [-0.2, 0) is 4.79 Å². The number of carbonyl (C=O) groups is 1. The van der Waals surface area contributed by atoms with Crippen LogP contribution in [0.5, 0.6) is 0 Å². The van der Waals surface area contributed by atoms with Gasteiger partial charge in [0.05, 0.1) is 4.92 Å². The SMILES string of the molecule is NC(N)=NCCC[C@@H](NSc1ccccc1[N+](=O)[O-])C(=O)O. The van der Waals surface area contributed by atoms with Gasteiger partial charge in [-0.3, -0.25) is 19.9 Å². The summed E-state index contributed by atoms with van der Waals surface area (Å²) in [6.45, 7) is 0.323. The third-order valence-electron chi connectivity index (χ3n) is 2.62. The molecule has 9 nitrogen and oxygen atoms in total. The van der Waals surface area contributed by atoms with E-state index in [-0.39, 0.29) is 11.6 Å². The lowest BCUT2D eigenvalue weighted by Gasteiger charge is -2.13. The van der Waals surface area contributed by atoms with Crippen molar-refractivity contribution in [3.8, 4) is 0 Å². The molecule has 22 heavy (non-hydrogen) atoms. The molecule has 0 saturated heterocycles. The summed E-state index contributed by atoms with van der Waals surface area (Å²) in [5, 5.41) is 20.0. The molecule has 0 aliphatic rings. The van der Waals surface area contributed by atoms with Crippen LogP contribution in [0.3, 0.4) is 0 Å². The van der Waals surface area contributed by atoms with E-state index in [1.165, 1.54) is 6.07 Å². The topological polar surface area (TPSA) is 157 Å². The van der Waals surface area contributed by atoms with E-state index in [1.54, 1.807) is 18.2 Å². The molecule has 0 aliphatic heterocycles. The van der Waals surface area contributed by atoms with Crippen molar-refractivity contribution in [3.05, 3.63) is 34.4 Å². The van der Waals surface area contributed by atoms with Crippen LogP contribution in [0.25, 0.3) is 0 Å². The highest BCUT2D eigenvalue weighted by atomic mass is 32.2. The molecule has 1 atom stereocenters. The van der Waals surface area contributed by atoms with Gasteiger partial charge in [-0.05, 0) is 30.9 Å². The number of nitro groups is 1. The Balaban J connectivity index is 2.60. The number of aliphatic imine (C=N–C) groups is 1. The molecule has 0 aliphatic carbocycles. The molecule has 1 aromatic rings. The summed E-state index contributed by atoms with van der Waals surface area (Å²) in [6.07, 6.45) is 0.763. The summed E-state index contributed by atoms with van der Waals surface area (Å²) in [5.41, 5.74) is 10.3. The quantitative estimate of drug-likeness (QED) is 0.129. The van der Waals surface area contributed by atoms with Crippen LogP contribution in [-0.4, -0.2) is 34.5 Å². The summed E-state index contributed by atoms with van der Waals surface area (Å²) in [4.78, 5) is 25.7. The lowest BCUT2D eigenvalue weighted by Crippen LogP contribution is -2.32. The highest BCUT2D eigenvalue weighted by molar-refractivity contribution is 7.97. The zero-order valence-electron chi connectivity index (χ0n) is 11.6. The van der Waals surface area contributed by atoms with Crippen molar-refractivity contribution in [2.45, 2.75) is 23.8 Å². The Morgan fingerprint density at radius 2 is 2.14 bits per heavy atom. The second kappa shape index (κ2) is 8.85. The molecule has 0 bridgehead atoms. The van der Waals surface area contributed by atoms with E-state index in [4.69, 9.17) is 16.6 Å². The Morgan fingerprint density at radius 3 is 2.73 bits per heavy atom. The lowest BCUT2D eigenvalue weighted by atomic mass is 10.2. The molecule has 0 spiro atoms. The molecule has 1 aromatic carbocycles. The molecule has 0 unspecified atom stereocenters.